The zero-order valence-corrected chi connectivity index (χ0v) is 14.8. The molecule has 1 aromatic carbocycles. The van der Waals surface area contributed by atoms with Crippen LogP contribution in [0.5, 0.6) is 0 Å². The van der Waals surface area contributed by atoms with E-state index in [9.17, 15) is 9.59 Å². The summed E-state index contributed by atoms with van der Waals surface area (Å²) in [5, 5.41) is 3.62. The van der Waals surface area contributed by atoms with Crippen LogP contribution < -0.4 is 5.32 Å². The molecule has 0 aromatic heterocycles. The Labute approximate surface area is 143 Å². The highest BCUT2D eigenvalue weighted by atomic mass is 35.5. The van der Waals surface area contributed by atoms with E-state index >= 15 is 0 Å². The molecule has 0 saturated carbocycles. The molecular formula is C18H25ClN2O2. The first-order valence-corrected chi connectivity index (χ1v) is 8.54. The third-order valence-electron chi connectivity index (χ3n) is 4.45. The minimum atomic E-state index is -0.781. The standard InChI is InChI=1S/C18H25ClN2O2/c1-13(2)8-10-20-17(23)18(3)9-7-16(22)21(18)12-14-5-4-6-15(19)11-14/h4-6,11,13H,7-10,12H2,1-3H3,(H,20,23). The Morgan fingerprint density at radius 2 is 2.17 bits per heavy atom. The first-order chi connectivity index (χ1) is 10.8. The van der Waals surface area contributed by atoms with E-state index in [0.717, 1.165) is 12.0 Å². The van der Waals surface area contributed by atoms with E-state index in [1.165, 1.54) is 0 Å². The minimum Gasteiger partial charge on any atom is -0.354 e. The molecule has 1 aliphatic rings. The summed E-state index contributed by atoms with van der Waals surface area (Å²) < 4.78 is 0. The van der Waals surface area contributed by atoms with Gasteiger partial charge in [-0.15, -0.1) is 0 Å². The smallest absolute Gasteiger partial charge is 0.245 e. The summed E-state index contributed by atoms with van der Waals surface area (Å²) in [5.74, 6) is 0.494. The molecule has 1 atom stereocenters. The predicted molar refractivity (Wildman–Crippen MR) is 92.1 cm³/mol. The number of likely N-dealkylation sites (tertiary alicyclic amines) is 1. The van der Waals surface area contributed by atoms with E-state index in [1.54, 1.807) is 11.0 Å². The summed E-state index contributed by atoms with van der Waals surface area (Å²) in [6.07, 6.45) is 1.90. The molecule has 1 heterocycles. The van der Waals surface area contributed by atoms with E-state index in [2.05, 4.69) is 19.2 Å². The van der Waals surface area contributed by atoms with Gasteiger partial charge in [-0.3, -0.25) is 9.59 Å². The molecule has 1 saturated heterocycles. The maximum absolute atomic E-state index is 12.6. The molecule has 23 heavy (non-hydrogen) atoms. The van der Waals surface area contributed by atoms with Crippen molar-refractivity contribution >= 4 is 23.4 Å². The van der Waals surface area contributed by atoms with Crippen LogP contribution in [0.15, 0.2) is 24.3 Å². The lowest BCUT2D eigenvalue weighted by Crippen LogP contribution is -2.54. The van der Waals surface area contributed by atoms with Crippen LogP contribution in [0, 0.1) is 5.92 Å². The van der Waals surface area contributed by atoms with E-state index < -0.39 is 5.54 Å². The first-order valence-electron chi connectivity index (χ1n) is 8.16. The van der Waals surface area contributed by atoms with Crippen molar-refractivity contribution in [1.82, 2.24) is 10.2 Å². The van der Waals surface area contributed by atoms with Gasteiger partial charge in [-0.05, 0) is 43.4 Å². The van der Waals surface area contributed by atoms with Crippen LogP contribution in [0.1, 0.15) is 45.6 Å². The Balaban J connectivity index is 2.09. The summed E-state index contributed by atoms with van der Waals surface area (Å²) in [6.45, 7) is 7.16. The van der Waals surface area contributed by atoms with Gasteiger partial charge in [0, 0.05) is 24.5 Å². The van der Waals surface area contributed by atoms with Gasteiger partial charge >= 0.3 is 0 Å². The average molecular weight is 337 g/mol. The normalized spacial score (nSPS) is 21.1. The van der Waals surface area contributed by atoms with Crippen LogP contribution in [0.2, 0.25) is 5.02 Å². The van der Waals surface area contributed by atoms with Crippen molar-refractivity contribution in [2.75, 3.05) is 6.54 Å². The predicted octanol–water partition coefficient (Wildman–Crippen LogP) is 3.38. The lowest BCUT2D eigenvalue weighted by atomic mass is 9.96. The molecule has 2 rings (SSSR count). The zero-order valence-electron chi connectivity index (χ0n) is 14.1. The Hall–Kier alpha value is -1.55. The molecule has 0 spiro atoms. The first kappa shape index (κ1) is 17.8. The third-order valence-corrected chi connectivity index (χ3v) is 4.68. The van der Waals surface area contributed by atoms with Crippen LogP contribution in [-0.4, -0.2) is 28.8 Å². The molecule has 1 unspecified atom stereocenters. The molecule has 4 nitrogen and oxygen atoms in total. The van der Waals surface area contributed by atoms with Crippen molar-refractivity contribution in [3.8, 4) is 0 Å². The number of halogens is 1. The van der Waals surface area contributed by atoms with E-state index in [4.69, 9.17) is 11.6 Å². The Kier molecular flexibility index (Phi) is 5.69. The highest BCUT2D eigenvalue weighted by molar-refractivity contribution is 6.30. The van der Waals surface area contributed by atoms with Gasteiger partial charge < -0.3 is 10.2 Å². The van der Waals surface area contributed by atoms with Crippen molar-refractivity contribution in [2.45, 2.75) is 52.1 Å². The monoisotopic (exact) mass is 336 g/mol. The Bertz CT molecular complexity index is 588. The molecule has 1 fully saturated rings. The van der Waals surface area contributed by atoms with Gasteiger partial charge in [0.05, 0.1) is 0 Å². The zero-order chi connectivity index (χ0) is 17.0. The quantitative estimate of drug-likeness (QED) is 0.865. The van der Waals surface area contributed by atoms with Crippen LogP contribution in [-0.2, 0) is 16.1 Å². The van der Waals surface area contributed by atoms with Gasteiger partial charge in [-0.25, -0.2) is 0 Å². The molecule has 0 aliphatic carbocycles. The van der Waals surface area contributed by atoms with Crippen LogP contribution in [0.3, 0.4) is 0 Å². The van der Waals surface area contributed by atoms with Gasteiger partial charge in [0.2, 0.25) is 11.8 Å². The molecule has 0 bridgehead atoms. The van der Waals surface area contributed by atoms with Gasteiger partial charge in [0.25, 0.3) is 0 Å². The number of hydrogen-bond acceptors (Lipinski definition) is 2. The fourth-order valence-corrected chi connectivity index (χ4v) is 3.09. The van der Waals surface area contributed by atoms with Crippen molar-refractivity contribution in [1.29, 1.82) is 0 Å². The largest absolute Gasteiger partial charge is 0.354 e. The summed E-state index contributed by atoms with van der Waals surface area (Å²) in [5.41, 5.74) is 0.157. The number of carbonyl (C=O) groups is 2. The number of hydrogen-bond donors (Lipinski definition) is 1. The second-order valence-electron chi connectivity index (χ2n) is 6.82. The molecule has 5 heteroatoms. The minimum absolute atomic E-state index is 0.0199. The van der Waals surface area contributed by atoms with E-state index in [1.807, 2.05) is 25.1 Å². The number of carbonyl (C=O) groups excluding carboxylic acids is 2. The molecule has 1 N–H and O–H groups in total. The molecule has 126 valence electrons. The van der Waals surface area contributed by atoms with Crippen molar-refractivity contribution in [2.24, 2.45) is 5.92 Å². The van der Waals surface area contributed by atoms with E-state index in [0.29, 0.717) is 36.9 Å². The van der Waals surface area contributed by atoms with Crippen LogP contribution in [0.4, 0.5) is 0 Å². The fourth-order valence-electron chi connectivity index (χ4n) is 2.88. The van der Waals surface area contributed by atoms with Crippen molar-refractivity contribution < 1.29 is 9.59 Å². The maximum atomic E-state index is 12.6. The van der Waals surface area contributed by atoms with Crippen molar-refractivity contribution in [3.63, 3.8) is 0 Å². The summed E-state index contributed by atoms with van der Waals surface area (Å²) in [4.78, 5) is 26.6. The highest BCUT2D eigenvalue weighted by Gasteiger charge is 2.46. The number of nitrogens with zero attached hydrogens (tertiary/aromatic N) is 1. The Morgan fingerprint density at radius 3 is 2.83 bits per heavy atom. The molecular weight excluding hydrogens is 312 g/mol. The summed E-state index contributed by atoms with van der Waals surface area (Å²) >= 11 is 6.02. The second-order valence-corrected chi connectivity index (χ2v) is 7.26. The lowest BCUT2D eigenvalue weighted by molar-refractivity contribution is -0.141. The highest BCUT2D eigenvalue weighted by Crippen LogP contribution is 2.32. The average Bonchev–Trinajstić information content (AvgIpc) is 2.76. The number of benzene rings is 1. The maximum Gasteiger partial charge on any atom is 0.245 e. The molecule has 2 amide bonds. The molecule has 1 aliphatic heterocycles. The van der Waals surface area contributed by atoms with Crippen LogP contribution in [0.25, 0.3) is 0 Å². The van der Waals surface area contributed by atoms with Gasteiger partial charge in [0.1, 0.15) is 5.54 Å². The fraction of sp³-hybridized carbons (Fsp3) is 0.556. The number of nitrogens with one attached hydrogen (secondary N) is 1. The second kappa shape index (κ2) is 7.35. The van der Waals surface area contributed by atoms with Gasteiger partial charge in [0.15, 0.2) is 0 Å². The third kappa shape index (κ3) is 4.25. The van der Waals surface area contributed by atoms with Crippen LogP contribution >= 0.6 is 11.6 Å². The number of amides is 2. The van der Waals surface area contributed by atoms with Crippen molar-refractivity contribution in [3.05, 3.63) is 34.9 Å². The molecule has 1 aromatic rings. The van der Waals surface area contributed by atoms with Gasteiger partial charge in [-0.2, -0.15) is 0 Å². The SMILES string of the molecule is CC(C)CCNC(=O)C1(C)CCC(=O)N1Cc1cccc(Cl)c1. The summed E-state index contributed by atoms with van der Waals surface area (Å²) in [7, 11) is 0. The topological polar surface area (TPSA) is 49.4 Å². The Morgan fingerprint density at radius 1 is 1.43 bits per heavy atom. The summed E-state index contributed by atoms with van der Waals surface area (Å²) in [6, 6.07) is 7.42. The van der Waals surface area contributed by atoms with Gasteiger partial charge in [-0.1, -0.05) is 37.6 Å². The lowest BCUT2D eigenvalue weighted by Gasteiger charge is -2.34. The molecule has 0 radical (unpaired) electrons. The number of rotatable bonds is 6. The van der Waals surface area contributed by atoms with E-state index in [-0.39, 0.29) is 11.8 Å².